The molecule has 1 heterocycles. The minimum atomic E-state index is 0.348. The fourth-order valence-corrected chi connectivity index (χ4v) is 8.50. The van der Waals surface area contributed by atoms with E-state index in [4.69, 9.17) is 0 Å². The fraction of sp³-hybridized carbons (Fsp3) is 0.400. The second-order valence-corrected chi connectivity index (χ2v) is 12.4. The van der Waals surface area contributed by atoms with Crippen molar-refractivity contribution < 1.29 is 5.94 Å². The first-order valence-electron chi connectivity index (χ1n) is 14.4. The highest BCUT2D eigenvalue weighted by atomic mass is 14.9. The number of benzene rings is 3. The number of fused-ring (bicyclic) bond motifs is 1. The van der Waals surface area contributed by atoms with Crippen molar-refractivity contribution >= 4 is 10.8 Å². The number of rotatable bonds is 3. The lowest BCUT2D eigenvalue weighted by Gasteiger charge is -2.57. The predicted molar refractivity (Wildman–Crippen MR) is 150 cm³/mol. The Bertz CT molecular complexity index is 1510. The van der Waals surface area contributed by atoms with Gasteiger partial charge in [0.05, 0.1) is 12.3 Å². The van der Waals surface area contributed by atoms with Gasteiger partial charge >= 0.3 is 0 Å². The Morgan fingerprint density at radius 1 is 0.806 bits per heavy atom. The van der Waals surface area contributed by atoms with E-state index in [-0.39, 0.29) is 0 Å². The SMILES string of the molecule is [2H]c1c(C)[n+](C)c(-c2cc(-c3ccccc3)cc(C)c2C)c2ccc(C34CC5CC(CC(C5)C3)C4)cc12. The first-order valence-corrected chi connectivity index (χ1v) is 13.9. The summed E-state index contributed by atoms with van der Waals surface area (Å²) in [7, 11) is 2.14. The molecule has 182 valence electrons. The summed E-state index contributed by atoms with van der Waals surface area (Å²) in [4.78, 5) is 0. The molecule has 0 N–H and O–H groups in total. The lowest BCUT2D eigenvalue weighted by Crippen LogP contribution is -2.48. The van der Waals surface area contributed by atoms with Crippen LogP contribution in [-0.4, -0.2) is 0 Å². The molecule has 4 bridgehead atoms. The summed E-state index contributed by atoms with van der Waals surface area (Å²) < 4.78 is 11.4. The molecule has 4 aliphatic rings. The quantitative estimate of drug-likeness (QED) is 0.263. The summed E-state index contributed by atoms with van der Waals surface area (Å²) in [5.41, 5.74) is 10.5. The van der Waals surface area contributed by atoms with Gasteiger partial charge in [-0.1, -0.05) is 48.5 Å². The van der Waals surface area contributed by atoms with Crippen molar-refractivity contribution in [3.05, 3.63) is 89.1 Å². The lowest BCUT2D eigenvalue weighted by atomic mass is 9.48. The molecular formula is C35H38N+. The van der Waals surface area contributed by atoms with Crippen LogP contribution in [0.3, 0.4) is 0 Å². The molecule has 4 saturated carbocycles. The third kappa shape index (κ3) is 3.39. The Morgan fingerprint density at radius 3 is 2.14 bits per heavy atom. The van der Waals surface area contributed by atoms with Gasteiger partial charge in [-0.15, -0.1) is 0 Å². The summed E-state index contributed by atoms with van der Waals surface area (Å²) in [5, 5.41) is 2.33. The second kappa shape index (κ2) is 8.04. The van der Waals surface area contributed by atoms with Crippen LogP contribution >= 0.6 is 0 Å². The highest BCUT2D eigenvalue weighted by Crippen LogP contribution is 2.61. The van der Waals surface area contributed by atoms with Gasteiger partial charge < -0.3 is 0 Å². The van der Waals surface area contributed by atoms with Crippen LogP contribution in [0.1, 0.15) is 62.3 Å². The van der Waals surface area contributed by atoms with Crippen LogP contribution in [0.4, 0.5) is 0 Å². The highest BCUT2D eigenvalue weighted by Gasteiger charge is 2.51. The smallest absolute Gasteiger partial charge is 0.198 e. The van der Waals surface area contributed by atoms with E-state index in [0.29, 0.717) is 11.5 Å². The van der Waals surface area contributed by atoms with E-state index >= 15 is 0 Å². The monoisotopic (exact) mass is 473 g/mol. The number of aromatic nitrogens is 1. The molecule has 8 rings (SSSR count). The third-order valence-corrected chi connectivity index (χ3v) is 10.1. The van der Waals surface area contributed by atoms with Gasteiger partial charge in [-0.05, 0) is 121 Å². The molecular weight excluding hydrogens is 434 g/mol. The summed E-state index contributed by atoms with van der Waals surface area (Å²) in [6.07, 6.45) is 8.48. The Kier molecular flexibility index (Phi) is 4.73. The average Bonchev–Trinajstić information content (AvgIpc) is 2.89. The Balaban J connectivity index is 1.43. The molecule has 0 atom stereocenters. The molecule has 0 aliphatic heterocycles. The maximum Gasteiger partial charge on any atom is 0.220 e. The Labute approximate surface area is 217 Å². The van der Waals surface area contributed by atoms with Gasteiger partial charge in [0.2, 0.25) is 5.69 Å². The van der Waals surface area contributed by atoms with Crippen molar-refractivity contribution in [3.8, 4) is 22.4 Å². The summed E-state index contributed by atoms with van der Waals surface area (Å²) in [6.45, 7) is 6.59. The predicted octanol–water partition coefficient (Wildman–Crippen LogP) is 8.39. The molecule has 4 aliphatic carbocycles. The summed E-state index contributed by atoms with van der Waals surface area (Å²) in [5.74, 6) is 2.78. The van der Waals surface area contributed by atoms with Crippen molar-refractivity contribution in [3.63, 3.8) is 0 Å². The largest absolute Gasteiger partial charge is 0.220 e. The van der Waals surface area contributed by atoms with Crippen LogP contribution in [0.15, 0.2) is 66.7 Å². The van der Waals surface area contributed by atoms with Crippen LogP contribution < -0.4 is 4.57 Å². The van der Waals surface area contributed by atoms with E-state index in [0.717, 1.165) is 28.8 Å². The molecule has 0 unspecified atom stereocenters. The first-order chi connectivity index (χ1) is 17.8. The van der Waals surface area contributed by atoms with E-state index in [1.54, 1.807) is 0 Å². The zero-order chi connectivity index (χ0) is 25.5. The van der Waals surface area contributed by atoms with Gasteiger partial charge in [-0.25, -0.2) is 0 Å². The molecule has 0 amide bonds. The van der Waals surface area contributed by atoms with Gasteiger partial charge in [-0.2, -0.15) is 4.57 Å². The Hall–Kier alpha value is -2.93. The summed E-state index contributed by atoms with van der Waals surface area (Å²) in [6, 6.07) is 23.3. The molecule has 0 spiro atoms. The molecule has 0 radical (unpaired) electrons. The van der Waals surface area contributed by atoms with Crippen molar-refractivity contribution in [1.29, 1.82) is 0 Å². The average molecular weight is 474 g/mol. The number of aryl methyl sites for hydroxylation is 1. The van der Waals surface area contributed by atoms with Gasteiger partial charge in [0.25, 0.3) is 0 Å². The summed E-state index contributed by atoms with van der Waals surface area (Å²) >= 11 is 0. The van der Waals surface area contributed by atoms with Gasteiger partial charge in [0.1, 0.15) is 7.05 Å². The molecule has 4 fully saturated rings. The normalized spacial score (nSPS) is 27.0. The zero-order valence-corrected chi connectivity index (χ0v) is 22.2. The van der Waals surface area contributed by atoms with Crippen LogP contribution in [-0.2, 0) is 12.5 Å². The number of hydrogen-bond donors (Lipinski definition) is 0. The molecule has 1 nitrogen and oxygen atoms in total. The zero-order valence-electron chi connectivity index (χ0n) is 23.2. The van der Waals surface area contributed by atoms with E-state index in [9.17, 15) is 1.37 Å². The maximum atomic E-state index is 9.17. The first kappa shape index (κ1) is 21.2. The van der Waals surface area contributed by atoms with Crippen LogP contribution in [0, 0.1) is 38.5 Å². The van der Waals surface area contributed by atoms with E-state index in [1.165, 1.54) is 83.0 Å². The molecule has 3 aromatic carbocycles. The van der Waals surface area contributed by atoms with Gasteiger partial charge in [-0.3, -0.25) is 0 Å². The number of hydrogen-bond acceptors (Lipinski definition) is 0. The minimum Gasteiger partial charge on any atom is -0.198 e. The highest BCUT2D eigenvalue weighted by molar-refractivity contribution is 5.95. The molecule has 1 heteroatoms. The van der Waals surface area contributed by atoms with Crippen LogP contribution in [0.2, 0.25) is 0 Å². The van der Waals surface area contributed by atoms with Crippen molar-refractivity contribution in [2.45, 2.75) is 64.7 Å². The van der Waals surface area contributed by atoms with Crippen molar-refractivity contribution in [2.75, 3.05) is 0 Å². The van der Waals surface area contributed by atoms with Crippen molar-refractivity contribution in [2.24, 2.45) is 24.8 Å². The van der Waals surface area contributed by atoms with E-state index in [1.807, 2.05) is 0 Å². The lowest BCUT2D eigenvalue weighted by molar-refractivity contribution is -0.665. The van der Waals surface area contributed by atoms with Crippen molar-refractivity contribution in [1.82, 2.24) is 0 Å². The number of nitrogens with zero attached hydrogens (tertiary/aromatic N) is 1. The standard InChI is InChI=1S/C35H38N/c1-22-12-29(28-8-6-5-7-9-28)18-33(24(22)3)34-32-11-10-31(17-30(32)13-23(2)36(34)4)35-19-25-14-26(20-35)16-27(15-25)21-35/h5-13,17-18,25-27H,14-16,19-21H2,1-4H3/q+1/i13D. The van der Waals surface area contributed by atoms with E-state index in [2.05, 4.69) is 93.0 Å². The second-order valence-electron chi connectivity index (χ2n) is 12.4. The molecule has 36 heavy (non-hydrogen) atoms. The van der Waals surface area contributed by atoms with Gasteiger partial charge in [0, 0.05) is 13.0 Å². The molecule has 4 aromatic rings. The maximum absolute atomic E-state index is 9.17. The number of pyridine rings is 1. The fourth-order valence-electron chi connectivity index (χ4n) is 8.50. The van der Waals surface area contributed by atoms with Gasteiger partial charge in [0.15, 0.2) is 5.69 Å². The third-order valence-electron chi connectivity index (χ3n) is 10.1. The minimum absolute atomic E-state index is 0.348. The van der Waals surface area contributed by atoms with Crippen LogP contribution in [0.5, 0.6) is 0 Å². The Morgan fingerprint density at radius 2 is 1.47 bits per heavy atom. The topological polar surface area (TPSA) is 3.88 Å². The molecule has 1 aromatic heterocycles. The van der Waals surface area contributed by atoms with Crippen LogP contribution in [0.25, 0.3) is 33.2 Å². The van der Waals surface area contributed by atoms with E-state index < -0.39 is 0 Å². The molecule has 0 saturated heterocycles.